The smallest absolute Gasteiger partial charge is 0.166 e. The number of halogens is 1. The summed E-state index contributed by atoms with van der Waals surface area (Å²) >= 11 is 0. The van der Waals surface area contributed by atoms with Gasteiger partial charge in [-0.15, -0.1) is 0 Å². The number of pyridine rings is 1. The molecule has 2 aromatic rings. The van der Waals surface area contributed by atoms with Crippen LogP contribution in [0.2, 0.25) is 0 Å². The Kier molecular flexibility index (Phi) is 4.18. The maximum absolute atomic E-state index is 12.9. The van der Waals surface area contributed by atoms with Crippen LogP contribution in [0.5, 0.6) is 0 Å². The van der Waals surface area contributed by atoms with Gasteiger partial charge in [-0.3, -0.25) is 9.78 Å². The summed E-state index contributed by atoms with van der Waals surface area (Å²) in [7, 11) is 0. The summed E-state index contributed by atoms with van der Waals surface area (Å²) in [5, 5.41) is 0. The lowest BCUT2D eigenvalue weighted by atomic mass is 9.88. The number of ketones is 1. The second-order valence-corrected chi connectivity index (χ2v) is 5.79. The van der Waals surface area contributed by atoms with Crippen LogP contribution in [-0.2, 0) is 0 Å². The summed E-state index contributed by atoms with van der Waals surface area (Å²) in [6.45, 7) is 3.70. The lowest BCUT2D eigenvalue weighted by molar-refractivity contribution is 0.0900. The number of benzene rings is 1. The first-order valence-electron chi connectivity index (χ1n) is 7.61. The number of Topliss-reactive ketones (excluding diaryl/α,β-unsaturated/α-hetero) is 1. The maximum Gasteiger partial charge on any atom is 0.166 e. The third-order valence-corrected chi connectivity index (χ3v) is 4.24. The van der Waals surface area contributed by atoms with Crippen molar-refractivity contribution in [2.24, 2.45) is 5.92 Å². The molecule has 1 saturated heterocycles. The Labute approximate surface area is 129 Å². The van der Waals surface area contributed by atoms with Gasteiger partial charge >= 0.3 is 0 Å². The van der Waals surface area contributed by atoms with E-state index < -0.39 is 0 Å². The number of hydrogen-bond donors (Lipinski definition) is 0. The van der Waals surface area contributed by atoms with Gasteiger partial charge in [-0.2, -0.15) is 0 Å². The van der Waals surface area contributed by atoms with E-state index >= 15 is 0 Å². The molecule has 0 amide bonds. The highest BCUT2D eigenvalue weighted by molar-refractivity contribution is 5.97. The van der Waals surface area contributed by atoms with Gasteiger partial charge in [0.15, 0.2) is 5.78 Å². The van der Waals surface area contributed by atoms with E-state index in [9.17, 15) is 9.18 Å². The molecule has 3 rings (SSSR count). The molecule has 3 nitrogen and oxygen atoms in total. The molecule has 0 N–H and O–H groups in total. The van der Waals surface area contributed by atoms with Crippen LogP contribution in [0.15, 0.2) is 42.6 Å². The second-order valence-electron chi connectivity index (χ2n) is 5.79. The molecule has 1 aromatic carbocycles. The monoisotopic (exact) mass is 298 g/mol. The second kappa shape index (κ2) is 6.26. The van der Waals surface area contributed by atoms with Gasteiger partial charge in [-0.1, -0.05) is 0 Å². The summed E-state index contributed by atoms with van der Waals surface area (Å²) in [6.07, 6.45) is 3.48. The molecule has 0 bridgehead atoms. The van der Waals surface area contributed by atoms with Crippen LogP contribution in [0.4, 0.5) is 10.1 Å². The SMILES string of the molecule is Cc1cc(N2CCC(C(=O)c3ccc(F)cc3)CC2)ccn1. The predicted octanol–water partition coefficient (Wildman–Crippen LogP) is 3.63. The summed E-state index contributed by atoms with van der Waals surface area (Å²) in [4.78, 5) is 19.0. The molecule has 0 unspecified atom stereocenters. The van der Waals surface area contributed by atoms with Crippen molar-refractivity contribution in [3.63, 3.8) is 0 Å². The minimum absolute atomic E-state index is 0.0321. The maximum atomic E-state index is 12.9. The lowest BCUT2D eigenvalue weighted by Gasteiger charge is -2.33. The molecule has 1 aliphatic rings. The number of anilines is 1. The fraction of sp³-hybridized carbons (Fsp3) is 0.333. The van der Waals surface area contributed by atoms with Gasteiger partial charge in [0.1, 0.15) is 5.82 Å². The van der Waals surface area contributed by atoms with E-state index in [2.05, 4.69) is 16.0 Å². The number of nitrogens with zero attached hydrogens (tertiary/aromatic N) is 2. The molecule has 22 heavy (non-hydrogen) atoms. The van der Waals surface area contributed by atoms with Crippen molar-refractivity contribution in [3.05, 3.63) is 59.7 Å². The quantitative estimate of drug-likeness (QED) is 0.811. The number of carbonyl (C=O) groups excluding carboxylic acids is 1. The standard InChI is InChI=1S/C18H19FN2O/c1-13-12-17(6-9-20-13)21-10-7-15(8-11-21)18(22)14-2-4-16(19)5-3-14/h2-6,9,12,15H,7-8,10-11H2,1H3. The Balaban J connectivity index is 1.64. The van der Waals surface area contributed by atoms with Crippen LogP contribution in [0.3, 0.4) is 0 Å². The van der Waals surface area contributed by atoms with E-state index in [1.807, 2.05) is 19.2 Å². The molecule has 1 aromatic heterocycles. The topological polar surface area (TPSA) is 33.2 Å². The highest BCUT2D eigenvalue weighted by atomic mass is 19.1. The fourth-order valence-electron chi connectivity index (χ4n) is 2.98. The van der Waals surface area contributed by atoms with Crippen molar-refractivity contribution in [1.29, 1.82) is 0 Å². The molecule has 0 spiro atoms. The predicted molar refractivity (Wildman–Crippen MR) is 84.6 cm³/mol. The van der Waals surface area contributed by atoms with E-state index in [0.29, 0.717) is 5.56 Å². The third-order valence-electron chi connectivity index (χ3n) is 4.24. The van der Waals surface area contributed by atoms with Gasteiger partial charge < -0.3 is 4.90 Å². The number of rotatable bonds is 3. The zero-order valence-corrected chi connectivity index (χ0v) is 12.6. The molecule has 0 aliphatic carbocycles. The molecule has 4 heteroatoms. The van der Waals surface area contributed by atoms with Crippen LogP contribution < -0.4 is 4.90 Å². The third kappa shape index (κ3) is 3.16. The van der Waals surface area contributed by atoms with E-state index in [4.69, 9.17) is 0 Å². The highest BCUT2D eigenvalue weighted by Gasteiger charge is 2.26. The Bertz CT molecular complexity index is 661. The molecule has 2 heterocycles. The summed E-state index contributed by atoms with van der Waals surface area (Å²) in [5.74, 6) is -0.144. The Morgan fingerprint density at radius 3 is 2.50 bits per heavy atom. The van der Waals surface area contributed by atoms with Gasteiger partial charge in [-0.05, 0) is 56.2 Å². The fourth-order valence-corrected chi connectivity index (χ4v) is 2.98. The molecule has 0 radical (unpaired) electrons. The zero-order valence-electron chi connectivity index (χ0n) is 12.6. The molecular formula is C18H19FN2O. The van der Waals surface area contributed by atoms with Crippen molar-refractivity contribution < 1.29 is 9.18 Å². The van der Waals surface area contributed by atoms with Gasteiger partial charge in [-0.25, -0.2) is 4.39 Å². The van der Waals surface area contributed by atoms with Crippen molar-refractivity contribution in [3.8, 4) is 0 Å². The van der Waals surface area contributed by atoms with Crippen molar-refractivity contribution in [2.45, 2.75) is 19.8 Å². The van der Waals surface area contributed by atoms with Gasteiger partial charge in [0.25, 0.3) is 0 Å². The van der Waals surface area contributed by atoms with E-state index in [0.717, 1.165) is 31.6 Å². The molecule has 114 valence electrons. The molecule has 0 atom stereocenters. The van der Waals surface area contributed by atoms with E-state index in [1.54, 1.807) is 12.1 Å². The number of piperidine rings is 1. The van der Waals surface area contributed by atoms with Crippen molar-refractivity contribution in [1.82, 2.24) is 4.98 Å². The van der Waals surface area contributed by atoms with Gasteiger partial charge in [0.05, 0.1) is 0 Å². The minimum atomic E-state index is -0.306. The van der Waals surface area contributed by atoms with E-state index in [1.165, 1.54) is 17.8 Å². The molecular weight excluding hydrogens is 279 g/mol. The number of aromatic nitrogens is 1. The largest absolute Gasteiger partial charge is 0.371 e. The average Bonchev–Trinajstić information content (AvgIpc) is 2.55. The van der Waals surface area contributed by atoms with Crippen LogP contribution in [-0.4, -0.2) is 23.9 Å². The van der Waals surface area contributed by atoms with Crippen LogP contribution in [0, 0.1) is 18.7 Å². The summed E-state index contributed by atoms with van der Waals surface area (Å²) in [5.41, 5.74) is 2.78. The van der Waals surface area contributed by atoms with Crippen LogP contribution >= 0.6 is 0 Å². The minimum Gasteiger partial charge on any atom is -0.371 e. The Morgan fingerprint density at radius 1 is 1.18 bits per heavy atom. The molecule has 1 aliphatic heterocycles. The molecule has 1 fully saturated rings. The summed E-state index contributed by atoms with van der Waals surface area (Å²) in [6, 6.07) is 9.94. The van der Waals surface area contributed by atoms with E-state index in [-0.39, 0.29) is 17.5 Å². The highest BCUT2D eigenvalue weighted by Crippen LogP contribution is 2.26. The Morgan fingerprint density at radius 2 is 1.86 bits per heavy atom. The average molecular weight is 298 g/mol. The van der Waals surface area contributed by atoms with Crippen molar-refractivity contribution >= 4 is 11.5 Å². The zero-order chi connectivity index (χ0) is 15.5. The van der Waals surface area contributed by atoms with Gasteiger partial charge in [0.2, 0.25) is 0 Å². The van der Waals surface area contributed by atoms with Gasteiger partial charge in [0, 0.05) is 42.1 Å². The van der Waals surface area contributed by atoms with Crippen LogP contribution in [0.25, 0.3) is 0 Å². The number of hydrogen-bond acceptors (Lipinski definition) is 3. The molecule has 0 saturated carbocycles. The summed E-state index contributed by atoms with van der Waals surface area (Å²) < 4.78 is 12.9. The first-order chi connectivity index (χ1) is 10.6. The first kappa shape index (κ1) is 14.7. The lowest BCUT2D eigenvalue weighted by Crippen LogP contribution is -2.36. The van der Waals surface area contributed by atoms with Crippen LogP contribution in [0.1, 0.15) is 28.9 Å². The normalized spacial score (nSPS) is 15.8. The van der Waals surface area contributed by atoms with Crippen molar-refractivity contribution in [2.75, 3.05) is 18.0 Å². The Hall–Kier alpha value is -2.23. The number of carbonyl (C=O) groups is 1. The number of aryl methyl sites for hydroxylation is 1. The first-order valence-corrected chi connectivity index (χ1v) is 7.61.